The normalized spacial score (nSPS) is 11.8. The number of aromatic nitrogens is 1. The molecule has 0 radical (unpaired) electrons. The van der Waals surface area contributed by atoms with Gasteiger partial charge in [-0.05, 0) is 35.5 Å². The van der Waals surface area contributed by atoms with E-state index in [9.17, 15) is 8.42 Å². The first-order chi connectivity index (χ1) is 9.42. The summed E-state index contributed by atoms with van der Waals surface area (Å²) in [5.74, 6) is 0. The Morgan fingerprint density at radius 3 is 2.80 bits per heavy atom. The van der Waals surface area contributed by atoms with Crippen molar-refractivity contribution in [3.05, 3.63) is 25.8 Å². The van der Waals surface area contributed by atoms with Crippen molar-refractivity contribution in [2.24, 2.45) is 0 Å². The average Bonchev–Trinajstić information content (AvgIpc) is 2.93. The number of anilines is 1. The van der Waals surface area contributed by atoms with Crippen LogP contribution in [0.3, 0.4) is 0 Å². The Hall–Kier alpha value is -0.480. The molecule has 2 aromatic heterocycles. The molecule has 0 aliphatic carbocycles. The Balaban J connectivity index is 2.22. The van der Waals surface area contributed by atoms with Crippen LogP contribution in [0.5, 0.6) is 0 Å². The lowest BCUT2D eigenvalue weighted by molar-refractivity contribution is 0.601. The minimum absolute atomic E-state index is 0.253. The van der Waals surface area contributed by atoms with Gasteiger partial charge in [0, 0.05) is 16.8 Å². The molecule has 0 saturated carbocycles. The first-order valence-corrected chi connectivity index (χ1v) is 9.83. The van der Waals surface area contributed by atoms with Gasteiger partial charge in [-0.15, -0.1) is 22.7 Å². The number of hydrogen-bond acceptors (Lipinski definition) is 6. The molecule has 0 spiro atoms. The third-order valence-electron chi connectivity index (χ3n) is 2.39. The van der Waals surface area contributed by atoms with Crippen LogP contribution in [0.4, 0.5) is 5.13 Å². The van der Waals surface area contributed by atoms with Crippen LogP contribution in [-0.4, -0.2) is 19.9 Å². The van der Waals surface area contributed by atoms with Gasteiger partial charge >= 0.3 is 0 Å². The lowest BCUT2D eigenvalue weighted by atomic mass is 10.4. The Morgan fingerprint density at radius 1 is 1.45 bits per heavy atom. The summed E-state index contributed by atoms with van der Waals surface area (Å²) < 4.78 is 27.8. The fraction of sp³-hybridized carbons (Fsp3) is 0.364. The molecule has 9 heteroatoms. The average molecular weight is 396 g/mol. The van der Waals surface area contributed by atoms with Gasteiger partial charge in [0.25, 0.3) is 10.0 Å². The molecule has 0 aliphatic rings. The highest BCUT2D eigenvalue weighted by molar-refractivity contribution is 9.11. The SMILES string of the molecule is CCNCc1cc(S(=O)(=O)Nc2nc(C)cs2)c(Br)s1. The van der Waals surface area contributed by atoms with E-state index in [0.717, 1.165) is 17.1 Å². The number of thiazole rings is 1. The number of rotatable bonds is 6. The van der Waals surface area contributed by atoms with Gasteiger partial charge in [0.15, 0.2) is 5.13 Å². The fourth-order valence-electron chi connectivity index (χ4n) is 1.49. The number of aryl methyl sites for hydroxylation is 1. The second-order valence-electron chi connectivity index (χ2n) is 4.03. The van der Waals surface area contributed by atoms with Crippen LogP contribution in [0.25, 0.3) is 0 Å². The smallest absolute Gasteiger partial charge is 0.265 e. The maximum atomic E-state index is 12.3. The number of sulfonamides is 1. The summed E-state index contributed by atoms with van der Waals surface area (Å²) in [5, 5.41) is 5.36. The van der Waals surface area contributed by atoms with Gasteiger partial charge in [-0.3, -0.25) is 4.72 Å². The molecule has 0 fully saturated rings. The van der Waals surface area contributed by atoms with Crippen LogP contribution in [0.1, 0.15) is 17.5 Å². The second-order valence-corrected chi connectivity index (χ2v) is 8.99. The molecular weight excluding hydrogens is 382 g/mol. The summed E-state index contributed by atoms with van der Waals surface area (Å²) in [6, 6.07) is 1.68. The molecule has 0 amide bonds. The first-order valence-electron chi connectivity index (χ1n) is 5.86. The highest BCUT2D eigenvalue weighted by Crippen LogP contribution is 2.33. The summed E-state index contributed by atoms with van der Waals surface area (Å²) in [5.41, 5.74) is 0.796. The van der Waals surface area contributed by atoms with Crippen LogP contribution in [-0.2, 0) is 16.6 Å². The van der Waals surface area contributed by atoms with Crippen molar-refractivity contribution >= 4 is 53.8 Å². The summed E-state index contributed by atoms with van der Waals surface area (Å²) in [4.78, 5) is 5.33. The zero-order chi connectivity index (χ0) is 14.8. The fourth-order valence-corrected chi connectivity index (χ4v) is 6.08. The molecule has 5 nitrogen and oxygen atoms in total. The largest absolute Gasteiger partial charge is 0.312 e. The highest BCUT2D eigenvalue weighted by atomic mass is 79.9. The molecule has 2 N–H and O–H groups in total. The predicted molar refractivity (Wildman–Crippen MR) is 87.1 cm³/mol. The van der Waals surface area contributed by atoms with Gasteiger partial charge in [-0.2, -0.15) is 0 Å². The summed E-state index contributed by atoms with van der Waals surface area (Å²) in [7, 11) is -3.60. The molecule has 0 saturated heterocycles. The van der Waals surface area contributed by atoms with Gasteiger partial charge in [0.1, 0.15) is 4.90 Å². The van der Waals surface area contributed by atoms with E-state index in [1.165, 1.54) is 22.7 Å². The topological polar surface area (TPSA) is 71.1 Å². The maximum absolute atomic E-state index is 12.3. The standard InChI is InChI=1S/C11H14BrN3O2S3/c1-3-13-5-8-4-9(10(12)19-8)20(16,17)15-11-14-7(2)6-18-11/h4,6,13H,3,5H2,1-2H3,(H,14,15). The number of nitrogens with one attached hydrogen (secondary N) is 2. The van der Waals surface area contributed by atoms with Crippen molar-refractivity contribution in [2.45, 2.75) is 25.3 Å². The van der Waals surface area contributed by atoms with Crippen molar-refractivity contribution in [1.82, 2.24) is 10.3 Å². The van der Waals surface area contributed by atoms with E-state index in [4.69, 9.17) is 0 Å². The summed E-state index contributed by atoms with van der Waals surface area (Å²) >= 11 is 6.00. The van der Waals surface area contributed by atoms with Crippen LogP contribution in [0.2, 0.25) is 0 Å². The van der Waals surface area contributed by atoms with Crippen LogP contribution < -0.4 is 10.0 Å². The Bertz CT molecular complexity index is 694. The van der Waals surface area contributed by atoms with E-state index in [-0.39, 0.29) is 4.90 Å². The van der Waals surface area contributed by atoms with E-state index in [0.29, 0.717) is 15.5 Å². The molecule has 0 bridgehead atoms. The van der Waals surface area contributed by atoms with Gasteiger partial charge in [-0.1, -0.05) is 6.92 Å². The molecular formula is C11H14BrN3O2S3. The Labute approximate surface area is 134 Å². The van der Waals surface area contributed by atoms with Crippen molar-refractivity contribution in [3.8, 4) is 0 Å². The lowest BCUT2D eigenvalue weighted by Gasteiger charge is -2.03. The van der Waals surface area contributed by atoms with Crippen molar-refractivity contribution in [1.29, 1.82) is 0 Å². The van der Waals surface area contributed by atoms with Crippen molar-refractivity contribution < 1.29 is 8.42 Å². The van der Waals surface area contributed by atoms with Gasteiger partial charge < -0.3 is 5.32 Å². The molecule has 0 unspecified atom stereocenters. The molecule has 20 heavy (non-hydrogen) atoms. The molecule has 2 heterocycles. The molecule has 0 aliphatic heterocycles. The number of nitrogens with zero attached hydrogens (tertiary/aromatic N) is 1. The minimum atomic E-state index is -3.60. The van der Waals surface area contributed by atoms with Gasteiger partial charge in [-0.25, -0.2) is 13.4 Å². The third-order valence-corrected chi connectivity index (χ3v) is 6.98. The van der Waals surface area contributed by atoms with E-state index < -0.39 is 10.0 Å². The monoisotopic (exact) mass is 395 g/mol. The van der Waals surface area contributed by atoms with Crippen molar-refractivity contribution in [2.75, 3.05) is 11.3 Å². The van der Waals surface area contributed by atoms with Crippen LogP contribution in [0, 0.1) is 6.92 Å². The molecule has 0 atom stereocenters. The molecule has 110 valence electrons. The minimum Gasteiger partial charge on any atom is -0.312 e. The zero-order valence-electron chi connectivity index (χ0n) is 10.9. The summed E-state index contributed by atoms with van der Waals surface area (Å²) in [6.45, 7) is 5.33. The maximum Gasteiger partial charge on any atom is 0.265 e. The van der Waals surface area contributed by atoms with E-state index >= 15 is 0 Å². The number of hydrogen-bond donors (Lipinski definition) is 2. The molecule has 0 aromatic carbocycles. The van der Waals surface area contributed by atoms with E-state index in [1.807, 2.05) is 13.8 Å². The highest BCUT2D eigenvalue weighted by Gasteiger charge is 2.22. The second kappa shape index (κ2) is 6.52. The van der Waals surface area contributed by atoms with E-state index in [2.05, 4.69) is 31.0 Å². The van der Waals surface area contributed by atoms with Crippen LogP contribution >= 0.6 is 38.6 Å². The van der Waals surface area contributed by atoms with Gasteiger partial charge in [0.05, 0.1) is 9.48 Å². The predicted octanol–water partition coefficient (Wildman–Crippen LogP) is 3.19. The molecule has 2 rings (SSSR count). The zero-order valence-corrected chi connectivity index (χ0v) is 15.0. The van der Waals surface area contributed by atoms with Crippen LogP contribution in [0.15, 0.2) is 20.1 Å². The van der Waals surface area contributed by atoms with E-state index in [1.54, 1.807) is 11.4 Å². The Kier molecular flexibility index (Phi) is 5.19. The lowest BCUT2D eigenvalue weighted by Crippen LogP contribution is -2.13. The van der Waals surface area contributed by atoms with Gasteiger partial charge in [0.2, 0.25) is 0 Å². The summed E-state index contributed by atoms with van der Waals surface area (Å²) in [6.07, 6.45) is 0. The molecule has 2 aromatic rings. The van der Waals surface area contributed by atoms with Crippen molar-refractivity contribution in [3.63, 3.8) is 0 Å². The number of thiophene rings is 1. The quantitative estimate of drug-likeness (QED) is 0.787. The third kappa shape index (κ3) is 3.79. The Morgan fingerprint density at radius 2 is 2.20 bits per heavy atom. The first kappa shape index (κ1) is 15.9. The number of halogens is 1.